The number of methoxy groups -OCH3 is 1. The van der Waals surface area contributed by atoms with Crippen molar-refractivity contribution < 1.29 is 77.1 Å². The van der Waals surface area contributed by atoms with Crippen molar-refractivity contribution in [2.45, 2.75) is 184 Å². The summed E-state index contributed by atoms with van der Waals surface area (Å²) >= 11 is 0. The average Bonchev–Trinajstić information content (AvgIpc) is 3.86. The number of epoxide rings is 1. The van der Waals surface area contributed by atoms with Crippen molar-refractivity contribution in [1.82, 2.24) is 4.90 Å². The molecular weight excluding hydrogens is 750 g/mol. The number of aliphatic hydroxyl groups is 3. The number of esters is 3. The van der Waals surface area contributed by atoms with Gasteiger partial charge in [0.2, 0.25) is 0 Å². The first-order valence-corrected chi connectivity index (χ1v) is 20.0. The van der Waals surface area contributed by atoms with Crippen LogP contribution in [0.25, 0.3) is 0 Å². The summed E-state index contributed by atoms with van der Waals surface area (Å²) in [4.78, 5) is 52.0. The van der Waals surface area contributed by atoms with Gasteiger partial charge in [-0.25, -0.2) is 0 Å². The van der Waals surface area contributed by atoms with E-state index < -0.39 is 121 Å². The fraction of sp³-hybridized carbons (Fsp3) is 0.850. The summed E-state index contributed by atoms with van der Waals surface area (Å²) in [6.45, 7) is 11.3. The van der Waals surface area contributed by atoms with Gasteiger partial charge >= 0.3 is 17.9 Å². The largest absolute Gasteiger partial charge is 0.462 e. The van der Waals surface area contributed by atoms with Crippen LogP contribution in [0.2, 0.25) is 0 Å². The third-order valence-electron chi connectivity index (χ3n) is 11.3. The molecule has 326 valence electrons. The van der Waals surface area contributed by atoms with Gasteiger partial charge in [-0.1, -0.05) is 26.0 Å². The van der Waals surface area contributed by atoms with Crippen LogP contribution in [0.15, 0.2) is 12.2 Å². The van der Waals surface area contributed by atoms with Crippen LogP contribution in [0.5, 0.6) is 0 Å². The number of aldehydes is 1. The molecule has 18 atom stereocenters. The van der Waals surface area contributed by atoms with Crippen LogP contribution >= 0.6 is 0 Å². The van der Waals surface area contributed by atoms with Gasteiger partial charge in [0.15, 0.2) is 18.7 Å². The van der Waals surface area contributed by atoms with E-state index in [9.17, 15) is 34.5 Å². The number of nitrogens with zero attached hydrogens (tertiary/aromatic N) is 1. The molecule has 4 aliphatic rings. The van der Waals surface area contributed by atoms with Crippen LogP contribution in [0.1, 0.15) is 87.0 Å². The highest BCUT2D eigenvalue weighted by molar-refractivity contribution is 5.72. The molecule has 17 nitrogen and oxygen atoms in total. The van der Waals surface area contributed by atoms with Gasteiger partial charge in [-0.05, 0) is 60.0 Å². The quantitative estimate of drug-likeness (QED) is 0.0887. The lowest BCUT2D eigenvalue weighted by atomic mass is 9.82. The van der Waals surface area contributed by atoms with Crippen molar-refractivity contribution in [2.75, 3.05) is 21.2 Å². The second kappa shape index (κ2) is 20.6. The molecule has 0 aromatic carbocycles. The smallest absolute Gasteiger partial charge is 0.309 e. The lowest BCUT2D eigenvalue weighted by Gasteiger charge is -2.50. The maximum Gasteiger partial charge on any atom is 0.309 e. The second-order valence-electron chi connectivity index (χ2n) is 16.4. The number of likely N-dealkylation sites (N-methyl/N-ethyl adjacent to an activating group) is 1. The molecule has 3 fully saturated rings. The van der Waals surface area contributed by atoms with E-state index in [4.69, 9.17) is 42.6 Å². The Morgan fingerprint density at radius 3 is 2.28 bits per heavy atom. The maximum atomic E-state index is 13.4. The Kier molecular flexibility index (Phi) is 17.0. The van der Waals surface area contributed by atoms with Gasteiger partial charge in [-0.15, -0.1) is 0 Å². The zero-order chi connectivity index (χ0) is 42.4. The topological polar surface area (TPSA) is 219 Å². The van der Waals surface area contributed by atoms with Crippen LogP contribution in [0, 0.1) is 11.8 Å². The number of rotatable bonds is 11. The van der Waals surface area contributed by atoms with E-state index in [-0.39, 0.29) is 37.9 Å². The minimum absolute atomic E-state index is 0.00512. The van der Waals surface area contributed by atoms with Crippen molar-refractivity contribution in [3.8, 4) is 0 Å². The first kappa shape index (κ1) is 47.1. The summed E-state index contributed by atoms with van der Waals surface area (Å²) < 4.78 is 54.1. The van der Waals surface area contributed by atoms with E-state index in [1.54, 1.807) is 58.8 Å². The maximum absolute atomic E-state index is 13.4. The van der Waals surface area contributed by atoms with Gasteiger partial charge in [0.05, 0.1) is 43.0 Å². The van der Waals surface area contributed by atoms with Crippen LogP contribution < -0.4 is 0 Å². The molecule has 3 N–H and O–H groups in total. The molecule has 0 unspecified atom stereocenters. The number of hydrogen-bond donors (Lipinski definition) is 3. The number of fused-ring (bicyclic) bond motifs is 1. The minimum atomic E-state index is -1.49. The zero-order valence-electron chi connectivity index (χ0n) is 34.9. The fourth-order valence-electron chi connectivity index (χ4n) is 8.31. The molecule has 17 heteroatoms. The molecule has 4 rings (SSSR count). The average molecular weight is 816 g/mol. The third kappa shape index (κ3) is 12.5. The van der Waals surface area contributed by atoms with Gasteiger partial charge in [0.25, 0.3) is 0 Å². The number of hydrogen-bond acceptors (Lipinski definition) is 17. The molecule has 0 aliphatic carbocycles. The van der Waals surface area contributed by atoms with Crippen molar-refractivity contribution in [2.24, 2.45) is 11.8 Å². The molecule has 0 spiro atoms. The lowest BCUT2D eigenvalue weighted by molar-refractivity contribution is -0.344. The monoisotopic (exact) mass is 815 g/mol. The summed E-state index contributed by atoms with van der Waals surface area (Å²) in [6, 6.07) is -0.782. The standard InChI is InChI=1S/C40H65NO16/c1-11-30(45)55-29-18-31(46)50-21(3)17-28-27(54-28)13-12-26(44)20(2)16-25(14-15-42)36(37(29)49-10)57-39-34(47)33(41(8)9)35(22(4)52-39)56-32-19-40(7,48)38(23(5)51-32)53-24(6)43/h12-13,15,20-23,25-29,32-39,44,47-48H,11,14,16-19H2,1-10H3/b13-12+/t20-,21+,22+,23-,25-,26-,27-,28-,29+,32-,33+,34+,35+,36+,37+,38-,39+,40-/m1/s1. The van der Waals surface area contributed by atoms with E-state index in [1.165, 1.54) is 21.0 Å². The Balaban J connectivity index is 1.68. The highest BCUT2D eigenvalue weighted by atomic mass is 16.7. The first-order valence-electron chi connectivity index (χ1n) is 20.0. The molecule has 57 heavy (non-hydrogen) atoms. The van der Waals surface area contributed by atoms with E-state index in [0.29, 0.717) is 12.7 Å². The van der Waals surface area contributed by atoms with Gasteiger partial charge in [0, 0.05) is 39.7 Å². The number of carbonyl (C=O) groups is 4. The Morgan fingerprint density at radius 2 is 1.68 bits per heavy atom. The molecule has 0 saturated carbocycles. The van der Waals surface area contributed by atoms with Crippen molar-refractivity contribution in [3.63, 3.8) is 0 Å². The molecule has 3 saturated heterocycles. The molecular formula is C40H65NO16. The molecule has 4 heterocycles. The second-order valence-corrected chi connectivity index (χ2v) is 16.4. The van der Waals surface area contributed by atoms with Crippen molar-refractivity contribution >= 4 is 24.2 Å². The highest BCUT2D eigenvalue weighted by Gasteiger charge is 2.53. The van der Waals surface area contributed by atoms with Crippen LogP contribution in [0.4, 0.5) is 0 Å². The summed E-state index contributed by atoms with van der Waals surface area (Å²) in [7, 11) is 4.85. The van der Waals surface area contributed by atoms with Crippen LogP contribution in [-0.2, 0) is 61.8 Å². The Hall–Kier alpha value is -2.58. The van der Waals surface area contributed by atoms with Gasteiger partial charge < -0.3 is 67.6 Å². The Labute approximate surface area is 335 Å². The number of ether oxygens (including phenoxy) is 9. The van der Waals surface area contributed by atoms with Crippen LogP contribution in [-0.4, -0.2) is 163 Å². The minimum Gasteiger partial charge on any atom is -0.462 e. The summed E-state index contributed by atoms with van der Waals surface area (Å²) in [5.41, 5.74) is -1.49. The molecule has 0 radical (unpaired) electrons. The summed E-state index contributed by atoms with van der Waals surface area (Å²) in [6.07, 6.45) is -8.23. The van der Waals surface area contributed by atoms with Crippen molar-refractivity contribution in [3.05, 3.63) is 12.2 Å². The summed E-state index contributed by atoms with van der Waals surface area (Å²) in [5.74, 6) is -2.95. The van der Waals surface area contributed by atoms with E-state index >= 15 is 0 Å². The number of aliphatic hydroxyl groups excluding tert-OH is 2. The molecule has 0 aromatic rings. The van der Waals surface area contributed by atoms with Gasteiger partial charge in [-0.2, -0.15) is 0 Å². The SMILES string of the molecule is CCC(=O)O[C@H]1CC(=O)O[C@@H](C)C[C@H]2O[C@@H]2/C=C/[C@@H](O)[C@H](C)C[C@@H](CC=O)[C@H](O[C@@H]2O[C@@H](C)[C@H](O[C@@H]3C[C@@](C)(O)[C@H](OC(C)=O)[C@@H](C)O3)[C@@H](N(C)C)[C@@H]2O)[C@H]1OC. The zero-order valence-corrected chi connectivity index (χ0v) is 34.9. The molecule has 0 bridgehead atoms. The molecule has 4 aliphatic heterocycles. The fourth-order valence-corrected chi connectivity index (χ4v) is 8.31. The highest BCUT2D eigenvalue weighted by Crippen LogP contribution is 2.38. The predicted molar refractivity (Wildman–Crippen MR) is 200 cm³/mol. The van der Waals surface area contributed by atoms with Crippen LogP contribution in [0.3, 0.4) is 0 Å². The number of carbonyl (C=O) groups excluding carboxylic acids is 4. The predicted octanol–water partition coefficient (Wildman–Crippen LogP) is 1.59. The van der Waals surface area contributed by atoms with Crippen molar-refractivity contribution in [1.29, 1.82) is 0 Å². The normalized spacial score (nSPS) is 44.0. The van der Waals surface area contributed by atoms with E-state index in [1.807, 2.05) is 6.92 Å². The first-order chi connectivity index (χ1) is 26.8. The number of cyclic esters (lactones) is 1. The Morgan fingerprint density at radius 1 is 0.982 bits per heavy atom. The van der Waals surface area contributed by atoms with Gasteiger partial charge in [0.1, 0.15) is 48.5 Å². The lowest BCUT2D eigenvalue weighted by Crippen LogP contribution is -2.66. The van der Waals surface area contributed by atoms with E-state index in [0.717, 1.165) is 0 Å². The van der Waals surface area contributed by atoms with E-state index in [2.05, 4.69) is 0 Å². The summed E-state index contributed by atoms with van der Waals surface area (Å²) in [5, 5.41) is 34.5. The third-order valence-corrected chi connectivity index (χ3v) is 11.3. The Bertz CT molecular complexity index is 1380. The van der Waals surface area contributed by atoms with Gasteiger partial charge in [-0.3, -0.25) is 14.4 Å². The molecule has 0 amide bonds. The molecule has 0 aromatic heterocycles.